The highest BCUT2D eigenvalue weighted by molar-refractivity contribution is 5.73. The Bertz CT molecular complexity index is 803. The van der Waals surface area contributed by atoms with Crippen LogP contribution in [-0.2, 0) is 16.1 Å². The summed E-state index contributed by atoms with van der Waals surface area (Å²) in [5.74, 6) is -0.0152. The minimum absolute atomic E-state index is 0.0393. The molecule has 1 aromatic heterocycles. The van der Waals surface area contributed by atoms with E-state index < -0.39 is 11.5 Å². The van der Waals surface area contributed by atoms with Crippen LogP contribution in [0.3, 0.4) is 0 Å². The third kappa shape index (κ3) is 2.83. The van der Waals surface area contributed by atoms with Crippen LogP contribution >= 0.6 is 0 Å². The predicted octanol–water partition coefficient (Wildman–Crippen LogP) is 1.57. The van der Waals surface area contributed by atoms with Gasteiger partial charge >= 0.3 is 5.97 Å². The zero-order valence-electron chi connectivity index (χ0n) is 12.2. The van der Waals surface area contributed by atoms with Gasteiger partial charge in [0.25, 0.3) is 5.56 Å². The van der Waals surface area contributed by atoms with Crippen LogP contribution in [0.1, 0.15) is 5.56 Å². The molecule has 0 amide bonds. The van der Waals surface area contributed by atoms with Crippen LogP contribution in [0.25, 0.3) is 11.3 Å². The zero-order chi connectivity index (χ0) is 16.1. The van der Waals surface area contributed by atoms with Crippen LogP contribution in [0.5, 0.6) is 5.75 Å². The van der Waals surface area contributed by atoms with Gasteiger partial charge in [-0.25, -0.2) is 0 Å². The van der Waals surface area contributed by atoms with Crippen LogP contribution in [0.4, 0.5) is 0 Å². The van der Waals surface area contributed by atoms with Crippen LogP contribution in [0, 0.1) is 11.3 Å². The number of hydrogen-bond acceptors (Lipinski definition) is 5. The number of aromatic nitrogens is 1. The summed E-state index contributed by atoms with van der Waals surface area (Å²) in [6.07, 6.45) is 0. The average Bonchev–Trinajstić information content (AvgIpc) is 2.56. The summed E-state index contributed by atoms with van der Waals surface area (Å²) < 4.78 is 11.1. The standard InChI is InChI=1S/C16H14N2O4/c1-21-14-6-4-3-5-12(14)13-8-7-11(9-17)16(20)18(13)10-15(19)22-2/h3-8H,10H2,1-2H3. The fourth-order valence-electron chi connectivity index (χ4n) is 2.11. The van der Waals surface area contributed by atoms with E-state index in [1.807, 2.05) is 6.07 Å². The van der Waals surface area contributed by atoms with Gasteiger partial charge < -0.3 is 9.47 Å². The van der Waals surface area contributed by atoms with Gasteiger partial charge in [0.2, 0.25) is 0 Å². The molecule has 22 heavy (non-hydrogen) atoms. The number of para-hydroxylation sites is 1. The maximum atomic E-state index is 12.3. The number of nitrogens with zero attached hydrogens (tertiary/aromatic N) is 2. The molecule has 112 valence electrons. The lowest BCUT2D eigenvalue weighted by molar-refractivity contribution is -0.141. The van der Waals surface area contributed by atoms with Gasteiger partial charge in [0.15, 0.2) is 0 Å². The lowest BCUT2D eigenvalue weighted by Crippen LogP contribution is -2.28. The minimum Gasteiger partial charge on any atom is -0.496 e. The van der Waals surface area contributed by atoms with Crippen molar-refractivity contribution in [3.63, 3.8) is 0 Å². The van der Waals surface area contributed by atoms with Gasteiger partial charge in [-0.05, 0) is 24.3 Å². The fourth-order valence-corrected chi connectivity index (χ4v) is 2.11. The maximum Gasteiger partial charge on any atom is 0.325 e. The Morgan fingerprint density at radius 3 is 2.59 bits per heavy atom. The Kier molecular flexibility index (Phi) is 4.59. The second-order valence-electron chi connectivity index (χ2n) is 4.41. The number of carbonyl (C=O) groups is 1. The molecule has 6 nitrogen and oxygen atoms in total. The number of pyridine rings is 1. The smallest absolute Gasteiger partial charge is 0.325 e. The fraction of sp³-hybridized carbons (Fsp3) is 0.188. The van der Waals surface area contributed by atoms with Gasteiger partial charge in [-0.1, -0.05) is 12.1 Å². The third-order valence-electron chi connectivity index (χ3n) is 3.19. The van der Waals surface area contributed by atoms with Crippen molar-refractivity contribution >= 4 is 5.97 Å². The van der Waals surface area contributed by atoms with Gasteiger partial charge in [-0.2, -0.15) is 5.26 Å². The molecule has 1 aromatic carbocycles. The predicted molar refractivity (Wildman–Crippen MR) is 79.4 cm³/mol. The molecule has 0 atom stereocenters. The quantitative estimate of drug-likeness (QED) is 0.800. The highest BCUT2D eigenvalue weighted by atomic mass is 16.5. The summed E-state index contributed by atoms with van der Waals surface area (Å²) in [5, 5.41) is 8.99. The second-order valence-corrected chi connectivity index (χ2v) is 4.41. The molecule has 0 unspecified atom stereocenters. The summed E-state index contributed by atoms with van der Waals surface area (Å²) in [6, 6.07) is 12.0. The molecule has 0 aliphatic carbocycles. The number of hydrogen-bond donors (Lipinski definition) is 0. The summed E-state index contributed by atoms with van der Waals surface area (Å²) in [7, 11) is 2.76. The summed E-state index contributed by atoms with van der Waals surface area (Å²) in [5.41, 5.74) is 0.543. The zero-order valence-corrected chi connectivity index (χ0v) is 12.2. The van der Waals surface area contributed by atoms with Crippen LogP contribution < -0.4 is 10.3 Å². The first-order valence-corrected chi connectivity index (χ1v) is 6.46. The van der Waals surface area contributed by atoms with E-state index in [0.29, 0.717) is 17.0 Å². The van der Waals surface area contributed by atoms with Crippen LogP contribution in [0.2, 0.25) is 0 Å². The lowest BCUT2D eigenvalue weighted by atomic mass is 10.1. The molecule has 1 heterocycles. The van der Waals surface area contributed by atoms with E-state index in [4.69, 9.17) is 10.00 Å². The van der Waals surface area contributed by atoms with Crippen LogP contribution in [0.15, 0.2) is 41.2 Å². The highest BCUT2D eigenvalue weighted by Gasteiger charge is 2.16. The van der Waals surface area contributed by atoms with Crippen molar-refractivity contribution in [1.29, 1.82) is 5.26 Å². The van der Waals surface area contributed by atoms with E-state index in [0.717, 1.165) is 0 Å². The highest BCUT2D eigenvalue weighted by Crippen LogP contribution is 2.28. The monoisotopic (exact) mass is 298 g/mol. The summed E-state index contributed by atoms with van der Waals surface area (Å²) in [4.78, 5) is 23.9. The summed E-state index contributed by atoms with van der Waals surface area (Å²) >= 11 is 0. The van der Waals surface area contributed by atoms with Crippen molar-refractivity contribution in [2.45, 2.75) is 6.54 Å². The van der Waals surface area contributed by atoms with Crippen LogP contribution in [-0.4, -0.2) is 24.8 Å². The average molecular weight is 298 g/mol. The number of benzene rings is 1. The third-order valence-corrected chi connectivity index (χ3v) is 3.19. The van der Waals surface area contributed by atoms with Gasteiger partial charge in [0.05, 0.1) is 19.9 Å². The molecular weight excluding hydrogens is 284 g/mol. The molecule has 0 bridgehead atoms. The first-order valence-electron chi connectivity index (χ1n) is 6.46. The van der Waals surface area contributed by atoms with Crippen molar-refractivity contribution in [1.82, 2.24) is 4.57 Å². The number of carbonyl (C=O) groups excluding carboxylic acids is 1. The Labute approximate surface area is 127 Å². The van der Waals surface area contributed by atoms with Gasteiger partial charge in [-0.15, -0.1) is 0 Å². The van der Waals surface area contributed by atoms with Gasteiger partial charge in [-0.3, -0.25) is 14.2 Å². The molecule has 0 saturated carbocycles. The Morgan fingerprint density at radius 2 is 1.95 bits per heavy atom. The molecule has 0 aliphatic rings. The Hall–Kier alpha value is -3.07. The van der Waals surface area contributed by atoms with E-state index in [1.54, 1.807) is 30.3 Å². The molecule has 0 saturated heterocycles. The first-order chi connectivity index (χ1) is 10.6. The van der Waals surface area contributed by atoms with E-state index >= 15 is 0 Å². The number of esters is 1. The Morgan fingerprint density at radius 1 is 1.23 bits per heavy atom. The van der Waals surface area contributed by atoms with Crippen molar-refractivity contribution in [3.05, 3.63) is 52.3 Å². The largest absolute Gasteiger partial charge is 0.496 e. The second kappa shape index (κ2) is 6.59. The first kappa shape index (κ1) is 15.3. The lowest BCUT2D eigenvalue weighted by Gasteiger charge is -2.14. The topological polar surface area (TPSA) is 81.3 Å². The SMILES string of the molecule is COC(=O)Cn1c(-c2ccccc2OC)ccc(C#N)c1=O. The Balaban J connectivity index is 2.70. The minimum atomic E-state index is -0.576. The number of ether oxygens (including phenoxy) is 2. The molecule has 6 heteroatoms. The molecule has 2 aromatic rings. The van der Waals surface area contributed by atoms with E-state index in [9.17, 15) is 9.59 Å². The van der Waals surface area contributed by atoms with Crippen molar-refractivity contribution < 1.29 is 14.3 Å². The number of rotatable bonds is 4. The molecule has 0 aliphatic heterocycles. The molecule has 0 fully saturated rings. The van der Waals surface area contributed by atoms with E-state index in [2.05, 4.69) is 4.74 Å². The molecular formula is C16H14N2O4. The molecule has 0 radical (unpaired) electrons. The van der Waals surface area contributed by atoms with Crippen molar-refractivity contribution in [2.75, 3.05) is 14.2 Å². The molecule has 2 rings (SSSR count). The molecule has 0 spiro atoms. The number of methoxy groups -OCH3 is 2. The van der Waals surface area contributed by atoms with Crippen molar-refractivity contribution in [2.24, 2.45) is 0 Å². The summed E-state index contributed by atoms with van der Waals surface area (Å²) in [6.45, 7) is -0.280. The normalized spacial score (nSPS) is 9.86. The van der Waals surface area contributed by atoms with E-state index in [1.165, 1.54) is 24.9 Å². The van der Waals surface area contributed by atoms with Crippen molar-refractivity contribution in [3.8, 4) is 23.1 Å². The number of nitriles is 1. The molecule has 0 N–H and O–H groups in total. The maximum absolute atomic E-state index is 12.3. The van der Waals surface area contributed by atoms with Gasteiger partial charge in [0.1, 0.15) is 23.9 Å². The van der Waals surface area contributed by atoms with Gasteiger partial charge in [0, 0.05) is 5.56 Å². The van der Waals surface area contributed by atoms with E-state index in [-0.39, 0.29) is 12.1 Å².